The van der Waals surface area contributed by atoms with Gasteiger partial charge in [-0.05, 0) is 59.1 Å². The lowest BCUT2D eigenvalue weighted by molar-refractivity contribution is 0.490. The van der Waals surface area contributed by atoms with E-state index in [4.69, 9.17) is 20.0 Å². The molecule has 0 aliphatic heterocycles. The summed E-state index contributed by atoms with van der Waals surface area (Å²) in [6, 6.07) is 12.2. The van der Waals surface area contributed by atoms with Crippen LogP contribution in [0.4, 0.5) is 0 Å². The predicted octanol–water partition coefficient (Wildman–Crippen LogP) is 6.76. The average molecular weight is 391 g/mol. The third-order valence-corrected chi connectivity index (χ3v) is 6.06. The van der Waals surface area contributed by atoms with Gasteiger partial charge in [0.2, 0.25) is 0 Å². The van der Waals surface area contributed by atoms with Gasteiger partial charge in [0.05, 0.1) is 0 Å². The molecule has 2 aromatic carbocycles. The fourth-order valence-electron chi connectivity index (χ4n) is 3.54. The van der Waals surface area contributed by atoms with E-state index < -0.39 is 0 Å². The molecule has 2 atom stereocenters. The van der Waals surface area contributed by atoms with Crippen molar-refractivity contribution in [2.45, 2.75) is 71.6 Å². The number of rotatable bonds is 8. The van der Waals surface area contributed by atoms with E-state index in [1.54, 1.807) is 12.5 Å². The summed E-state index contributed by atoms with van der Waals surface area (Å²) >= 11 is 0. The Morgan fingerprint density at radius 3 is 1.48 bits per heavy atom. The molecule has 0 aliphatic rings. The molecule has 0 aliphatic carbocycles. The summed E-state index contributed by atoms with van der Waals surface area (Å²) in [6.45, 7) is 12.9. The lowest BCUT2D eigenvalue weighted by atomic mass is 9.75. The molecule has 0 saturated heterocycles. The van der Waals surface area contributed by atoms with Crippen LogP contribution in [0.15, 0.2) is 36.4 Å². The number of hydrogen-bond acceptors (Lipinski definition) is 4. The SMILES string of the molecule is CCC(C)c1cc(C(C)(C)c2ccc(OC#N)c(C(C)CC)c2)ccc1OC#N. The maximum absolute atomic E-state index is 8.97. The minimum Gasteiger partial charge on any atom is -0.388 e. The van der Waals surface area contributed by atoms with E-state index in [2.05, 4.69) is 53.7 Å². The first-order valence-electron chi connectivity index (χ1n) is 10.2. The second-order valence-corrected chi connectivity index (χ2v) is 8.14. The molecule has 2 unspecified atom stereocenters. The summed E-state index contributed by atoms with van der Waals surface area (Å²) in [4.78, 5) is 0. The highest BCUT2D eigenvalue weighted by Crippen LogP contribution is 2.40. The first-order chi connectivity index (χ1) is 13.8. The zero-order valence-electron chi connectivity index (χ0n) is 18.2. The third-order valence-electron chi connectivity index (χ3n) is 6.06. The lowest BCUT2D eigenvalue weighted by Crippen LogP contribution is -2.20. The number of benzene rings is 2. The first-order valence-corrected chi connectivity index (χ1v) is 10.2. The van der Waals surface area contributed by atoms with E-state index in [1.165, 1.54) is 0 Å². The van der Waals surface area contributed by atoms with Gasteiger partial charge >= 0.3 is 0 Å². The highest BCUT2D eigenvalue weighted by atomic mass is 16.5. The highest BCUT2D eigenvalue weighted by molar-refractivity contribution is 5.49. The second-order valence-electron chi connectivity index (χ2n) is 8.14. The first kappa shape index (κ1) is 22.3. The van der Waals surface area contributed by atoms with Gasteiger partial charge in [0.15, 0.2) is 0 Å². The zero-order valence-corrected chi connectivity index (χ0v) is 18.2. The van der Waals surface area contributed by atoms with Gasteiger partial charge in [-0.2, -0.15) is 0 Å². The Labute approximate surface area is 174 Å². The van der Waals surface area contributed by atoms with Gasteiger partial charge in [-0.1, -0.05) is 65.8 Å². The van der Waals surface area contributed by atoms with Gasteiger partial charge in [-0.15, -0.1) is 10.5 Å². The lowest BCUT2D eigenvalue weighted by Gasteiger charge is -2.29. The molecule has 2 aromatic rings. The molecule has 0 N–H and O–H groups in total. The van der Waals surface area contributed by atoms with Crippen molar-refractivity contribution in [3.63, 3.8) is 0 Å². The quantitative estimate of drug-likeness (QED) is 0.467. The Morgan fingerprint density at radius 2 is 1.17 bits per heavy atom. The van der Waals surface area contributed by atoms with Gasteiger partial charge < -0.3 is 9.47 Å². The summed E-state index contributed by atoms with van der Waals surface area (Å²) in [5.74, 6) is 1.83. The van der Waals surface area contributed by atoms with Gasteiger partial charge in [-0.3, -0.25) is 0 Å². The van der Waals surface area contributed by atoms with Crippen LogP contribution in [0.1, 0.15) is 88.5 Å². The molecule has 0 bridgehead atoms. The van der Waals surface area contributed by atoms with Gasteiger partial charge in [0.1, 0.15) is 11.5 Å². The summed E-state index contributed by atoms with van der Waals surface area (Å²) in [5.41, 5.74) is 4.14. The van der Waals surface area contributed by atoms with Crippen LogP contribution in [0.2, 0.25) is 0 Å². The van der Waals surface area contributed by atoms with Crippen LogP contribution in [0.5, 0.6) is 11.5 Å². The van der Waals surface area contributed by atoms with Crippen molar-refractivity contribution in [3.05, 3.63) is 58.7 Å². The smallest absolute Gasteiger partial charge is 0.292 e. The van der Waals surface area contributed by atoms with Crippen molar-refractivity contribution >= 4 is 0 Å². The van der Waals surface area contributed by atoms with Gasteiger partial charge in [-0.25, -0.2) is 0 Å². The maximum atomic E-state index is 8.97. The van der Waals surface area contributed by atoms with Crippen molar-refractivity contribution in [1.82, 2.24) is 0 Å². The van der Waals surface area contributed by atoms with Crippen molar-refractivity contribution in [2.75, 3.05) is 0 Å². The molecule has 4 heteroatoms. The topological polar surface area (TPSA) is 66.0 Å². The molecule has 0 amide bonds. The molecule has 0 saturated carbocycles. The van der Waals surface area contributed by atoms with Crippen LogP contribution < -0.4 is 9.47 Å². The van der Waals surface area contributed by atoms with Gasteiger partial charge in [0.25, 0.3) is 12.5 Å². The minimum atomic E-state index is -0.263. The van der Waals surface area contributed by atoms with Crippen molar-refractivity contribution in [1.29, 1.82) is 10.5 Å². The van der Waals surface area contributed by atoms with Gasteiger partial charge in [0, 0.05) is 5.41 Å². The van der Waals surface area contributed by atoms with E-state index >= 15 is 0 Å². The second kappa shape index (κ2) is 9.48. The Hall–Kier alpha value is -2.98. The van der Waals surface area contributed by atoms with Crippen LogP contribution in [0.25, 0.3) is 0 Å². The minimum absolute atomic E-state index is 0.263. The average Bonchev–Trinajstić information content (AvgIpc) is 2.73. The molecule has 29 heavy (non-hydrogen) atoms. The number of nitrogens with zero attached hydrogens (tertiary/aromatic N) is 2. The molecular weight excluding hydrogens is 360 g/mol. The standard InChI is InChI=1S/C25H30N2O2/c1-7-17(3)21-13-19(9-11-23(21)28-15-26)25(5,6)20-10-12-24(29-16-27)22(14-20)18(4)8-2/h9-14,17-18H,7-8H2,1-6H3. The molecule has 0 aromatic heterocycles. The van der Waals surface area contributed by atoms with Crippen LogP contribution in [-0.4, -0.2) is 0 Å². The fraction of sp³-hybridized carbons (Fsp3) is 0.440. The van der Waals surface area contributed by atoms with E-state index in [0.29, 0.717) is 11.5 Å². The van der Waals surface area contributed by atoms with Crippen LogP contribution in [0.3, 0.4) is 0 Å². The Kier molecular flexibility index (Phi) is 7.29. The molecule has 0 fully saturated rings. The van der Waals surface area contributed by atoms with E-state index in [9.17, 15) is 0 Å². The summed E-state index contributed by atoms with van der Waals surface area (Å²) in [7, 11) is 0. The van der Waals surface area contributed by atoms with Crippen molar-refractivity contribution in [2.24, 2.45) is 0 Å². The molecule has 4 nitrogen and oxygen atoms in total. The van der Waals surface area contributed by atoms with Crippen molar-refractivity contribution < 1.29 is 9.47 Å². The van der Waals surface area contributed by atoms with E-state index in [-0.39, 0.29) is 17.3 Å². The summed E-state index contributed by atoms with van der Waals surface area (Å²) < 4.78 is 10.4. The number of ether oxygens (including phenoxy) is 2. The van der Waals surface area contributed by atoms with Crippen LogP contribution >= 0.6 is 0 Å². The van der Waals surface area contributed by atoms with Crippen molar-refractivity contribution in [3.8, 4) is 24.0 Å². The van der Waals surface area contributed by atoms with E-state index in [1.807, 2.05) is 24.3 Å². The Morgan fingerprint density at radius 1 is 0.793 bits per heavy atom. The predicted molar refractivity (Wildman–Crippen MR) is 115 cm³/mol. The zero-order chi connectivity index (χ0) is 21.6. The van der Waals surface area contributed by atoms with Crippen LogP contribution in [0, 0.1) is 23.0 Å². The normalized spacial score (nSPS) is 13.1. The molecule has 0 spiro atoms. The van der Waals surface area contributed by atoms with Crippen LogP contribution in [-0.2, 0) is 5.41 Å². The molecule has 0 radical (unpaired) electrons. The summed E-state index contributed by atoms with van der Waals surface area (Å²) in [5, 5.41) is 17.9. The Bertz CT molecular complexity index is 859. The maximum Gasteiger partial charge on any atom is 0.292 e. The molecule has 152 valence electrons. The van der Waals surface area contributed by atoms with E-state index in [0.717, 1.165) is 35.1 Å². The molecule has 2 rings (SSSR count). The fourth-order valence-corrected chi connectivity index (χ4v) is 3.54. The third kappa shape index (κ3) is 4.72. The highest BCUT2D eigenvalue weighted by Gasteiger charge is 2.27. The number of hydrogen-bond donors (Lipinski definition) is 0. The molecular formula is C25H30N2O2. The Balaban J connectivity index is 2.57. The monoisotopic (exact) mass is 390 g/mol. The largest absolute Gasteiger partial charge is 0.388 e. The number of nitriles is 2. The summed E-state index contributed by atoms with van der Waals surface area (Å²) in [6.07, 6.45) is 5.52. The molecule has 0 heterocycles.